The van der Waals surface area contributed by atoms with Crippen molar-refractivity contribution in [2.24, 2.45) is 0 Å². The first-order chi connectivity index (χ1) is 6.65. The van der Waals surface area contributed by atoms with E-state index in [4.69, 9.17) is 4.42 Å². The van der Waals surface area contributed by atoms with Gasteiger partial charge in [-0.25, -0.2) is 9.78 Å². The molecule has 1 aliphatic rings. The van der Waals surface area contributed by atoms with Crippen LogP contribution in [0.4, 0.5) is 4.79 Å². The molecule has 1 aromatic heterocycles. The lowest BCUT2D eigenvalue weighted by molar-refractivity contribution is -0.118. The lowest BCUT2D eigenvalue weighted by Gasteiger charge is -2.08. The van der Waals surface area contributed by atoms with Gasteiger partial charge in [-0.1, -0.05) is 0 Å². The molecule has 0 bridgehead atoms. The number of hydrogen-bond donors (Lipinski definition) is 1. The van der Waals surface area contributed by atoms with Crippen molar-refractivity contribution < 1.29 is 14.0 Å². The molecule has 0 unspecified atom stereocenters. The molecule has 1 saturated heterocycles. The summed E-state index contributed by atoms with van der Waals surface area (Å²) in [4.78, 5) is 27.2. The van der Waals surface area contributed by atoms with Crippen molar-refractivity contribution in [1.82, 2.24) is 15.2 Å². The minimum Gasteiger partial charge on any atom is -0.444 e. The van der Waals surface area contributed by atoms with E-state index in [2.05, 4.69) is 10.3 Å². The number of carbonyl (C=O) groups excluding carboxylic acids is 2. The highest BCUT2D eigenvalue weighted by Crippen LogP contribution is 2.07. The summed E-state index contributed by atoms with van der Waals surface area (Å²) in [5.41, 5.74) is 0. The van der Waals surface area contributed by atoms with Crippen molar-refractivity contribution in [2.75, 3.05) is 6.54 Å². The Balaban J connectivity index is 2.05. The number of nitrogens with one attached hydrogen (secondary N) is 1. The molecule has 1 N–H and O–H groups in total. The molecule has 3 amide bonds. The van der Waals surface area contributed by atoms with Crippen LogP contribution in [0.2, 0.25) is 0 Å². The summed E-state index contributed by atoms with van der Waals surface area (Å²) in [5.74, 6) is 0.830. The van der Waals surface area contributed by atoms with Crippen molar-refractivity contribution in [3.8, 4) is 0 Å². The van der Waals surface area contributed by atoms with Gasteiger partial charge >= 0.3 is 6.03 Å². The van der Waals surface area contributed by atoms with Gasteiger partial charge in [0.1, 0.15) is 12.3 Å². The first kappa shape index (κ1) is 8.74. The highest BCUT2D eigenvalue weighted by Gasteiger charge is 2.27. The molecule has 6 nitrogen and oxygen atoms in total. The number of aryl methyl sites for hydroxylation is 1. The van der Waals surface area contributed by atoms with Gasteiger partial charge in [-0.3, -0.25) is 10.1 Å². The number of oxazole rings is 1. The van der Waals surface area contributed by atoms with Gasteiger partial charge in [0.15, 0.2) is 0 Å². The van der Waals surface area contributed by atoms with Crippen molar-refractivity contribution >= 4 is 11.9 Å². The van der Waals surface area contributed by atoms with E-state index < -0.39 is 6.03 Å². The topological polar surface area (TPSA) is 75.4 Å². The van der Waals surface area contributed by atoms with Crippen LogP contribution in [0.15, 0.2) is 10.6 Å². The van der Waals surface area contributed by atoms with E-state index in [1.54, 1.807) is 13.1 Å². The second-order valence-electron chi connectivity index (χ2n) is 3.07. The third-order valence-electron chi connectivity index (χ3n) is 1.86. The zero-order valence-corrected chi connectivity index (χ0v) is 7.61. The van der Waals surface area contributed by atoms with Crippen LogP contribution in [0.1, 0.15) is 11.7 Å². The van der Waals surface area contributed by atoms with E-state index >= 15 is 0 Å². The predicted octanol–water partition coefficient (Wildman–Crippen LogP) is 0.0348. The molecule has 0 spiro atoms. The normalized spacial score (nSPS) is 16.2. The minimum absolute atomic E-state index is 0.0697. The first-order valence-corrected chi connectivity index (χ1v) is 4.15. The molecule has 74 valence electrons. The summed E-state index contributed by atoms with van der Waals surface area (Å²) in [6.07, 6.45) is 1.57. The quantitative estimate of drug-likeness (QED) is 0.676. The van der Waals surface area contributed by atoms with E-state index in [-0.39, 0.29) is 19.0 Å². The molecule has 0 aliphatic carbocycles. The molecule has 0 radical (unpaired) electrons. The third kappa shape index (κ3) is 1.59. The summed E-state index contributed by atoms with van der Waals surface area (Å²) in [7, 11) is 0. The SMILES string of the molecule is Cc1cnc(CN2CC(=O)NC2=O)o1. The molecule has 2 heterocycles. The number of nitrogens with zero attached hydrogens (tertiary/aromatic N) is 2. The maximum Gasteiger partial charge on any atom is 0.325 e. The fourth-order valence-corrected chi connectivity index (χ4v) is 1.25. The van der Waals surface area contributed by atoms with Crippen molar-refractivity contribution in [2.45, 2.75) is 13.5 Å². The highest BCUT2D eigenvalue weighted by atomic mass is 16.4. The van der Waals surface area contributed by atoms with Gasteiger partial charge in [-0.2, -0.15) is 0 Å². The number of amides is 3. The van der Waals surface area contributed by atoms with Crippen LogP contribution in [0.25, 0.3) is 0 Å². The Morgan fingerprint density at radius 3 is 2.93 bits per heavy atom. The van der Waals surface area contributed by atoms with Crippen LogP contribution in [-0.4, -0.2) is 28.4 Å². The maximum absolute atomic E-state index is 11.1. The molecule has 0 atom stereocenters. The molecular weight excluding hydrogens is 186 g/mol. The molecule has 2 rings (SSSR count). The highest BCUT2D eigenvalue weighted by molar-refractivity contribution is 6.01. The van der Waals surface area contributed by atoms with Gasteiger partial charge in [0.25, 0.3) is 0 Å². The van der Waals surface area contributed by atoms with Gasteiger partial charge < -0.3 is 9.32 Å². The third-order valence-corrected chi connectivity index (χ3v) is 1.86. The van der Waals surface area contributed by atoms with Crippen LogP contribution >= 0.6 is 0 Å². The lowest BCUT2D eigenvalue weighted by Crippen LogP contribution is -2.27. The van der Waals surface area contributed by atoms with Crippen LogP contribution in [0, 0.1) is 6.92 Å². The number of urea groups is 1. The van der Waals surface area contributed by atoms with Crippen LogP contribution in [0.5, 0.6) is 0 Å². The smallest absolute Gasteiger partial charge is 0.325 e. The Labute approximate surface area is 79.9 Å². The second-order valence-corrected chi connectivity index (χ2v) is 3.07. The predicted molar refractivity (Wildman–Crippen MR) is 45.2 cm³/mol. The molecule has 14 heavy (non-hydrogen) atoms. The molecule has 0 aromatic carbocycles. The average molecular weight is 195 g/mol. The molecule has 1 aliphatic heterocycles. The standard InChI is InChI=1S/C8H9N3O3/c1-5-2-9-7(14-5)4-11-3-6(12)10-8(11)13/h2H,3-4H2,1H3,(H,10,12,13). The summed E-state index contributed by atoms with van der Waals surface area (Å²) in [6.45, 7) is 2.07. The Morgan fingerprint density at radius 1 is 1.64 bits per heavy atom. The minimum atomic E-state index is -0.397. The molecule has 6 heteroatoms. The lowest BCUT2D eigenvalue weighted by atomic mass is 10.5. The molecule has 1 fully saturated rings. The van der Waals surface area contributed by atoms with E-state index in [9.17, 15) is 9.59 Å². The van der Waals surface area contributed by atoms with Gasteiger partial charge in [0.2, 0.25) is 11.8 Å². The number of carbonyl (C=O) groups is 2. The van der Waals surface area contributed by atoms with Crippen LogP contribution < -0.4 is 5.32 Å². The van der Waals surface area contributed by atoms with E-state index in [1.807, 2.05) is 0 Å². The zero-order chi connectivity index (χ0) is 10.1. The molecule has 0 saturated carbocycles. The van der Waals surface area contributed by atoms with E-state index in [0.717, 1.165) is 0 Å². The number of aromatic nitrogens is 1. The van der Waals surface area contributed by atoms with Gasteiger partial charge in [0, 0.05) is 0 Å². The Kier molecular flexibility index (Phi) is 1.95. The monoisotopic (exact) mass is 195 g/mol. The van der Waals surface area contributed by atoms with E-state index in [0.29, 0.717) is 11.7 Å². The fraction of sp³-hybridized carbons (Fsp3) is 0.375. The summed E-state index contributed by atoms with van der Waals surface area (Å²) < 4.78 is 5.18. The molecule has 1 aromatic rings. The van der Waals surface area contributed by atoms with Crippen molar-refractivity contribution in [1.29, 1.82) is 0 Å². The Morgan fingerprint density at radius 2 is 2.43 bits per heavy atom. The Hall–Kier alpha value is -1.85. The van der Waals surface area contributed by atoms with Crippen molar-refractivity contribution in [3.63, 3.8) is 0 Å². The number of rotatable bonds is 2. The summed E-state index contributed by atoms with van der Waals surface area (Å²) in [6, 6.07) is -0.397. The Bertz CT molecular complexity index is 385. The average Bonchev–Trinajstić information content (AvgIpc) is 2.61. The number of hydrogen-bond acceptors (Lipinski definition) is 4. The van der Waals surface area contributed by atoms with Crippen LogP contribution in [0.3, 0.4) is 0 Å². The van der Waals surface area contributed by atoms with Gasteiger partial charge in [0.05, 0.1) is 12.7 Å². The maximum atomic E-state index is 11.1. The second kappa shape index (κ2) is 3.13. The summed E-state index contributed by atoms with van der Waals surface area (Å²) >= 11 is 0. The van der Waals surface area contributed by atoms with Crippen LogP contribution in [-0.2, 0) is 11.3 Å². The fourth-order valence-electron chi connectivity index (χ4n) is 1.25. The number of imide groups is 1. The largest absolute Gasteiger partial charge is 0.444 e. The molecular formula is C8H9N3O3. The first-order valence-electron chi connectivity index (χ1n) is 4.15. The van der Waals surface area contributed by atoms with Crippen molar-refractivity contribution in [3.05, 3.63) is 17.8 Å². The van der Waals surface area contributed by atoms with Gasteiger partial charge in [-0.05, 0) is 6.92 Å². The van der Waals surface area contributed by atoms with Gasteiger partial charge in [-0.15, -0.1) is 0 Å². The summed E-state index contributed by atoms with van der Waals surface area (Å²) in [5, 5.41) is 2.17. The zero-order valence-electron chi connectivity index (χ0n) is 7.61. The van der Waals surface area contributed by atoms with E-state index in [1.165, 1.54) is 4.90 Å².